The molecule has 0 radical (unpaired) electrons. The minimum absolute atomic E-state index is 0.00398. The van der Waals surface area contributed by atoms with Crippen LogP contribution in [0.4, 0.5) is 0 Å². The van der Waals surface area contributed by atoms with Crippen molar-refractivity contribution in [2.75, 3.05) is 39.4 Å². The molecule has 2 N–H and O–H groups in total. The van der Waals surface area contributed by atoms with Crippen molar-refractivity contribution in [3.63, 3.8) is 0 Å². The molecular formula is C27H32N2O6. The summed E-state index contributed by atoms with van der Waals surface area (Å²) < 4.78 is 11.1. The van der Waals surface area contributed by atoms with Gasteiger partial charge >= 0.3 is 0 Å². The van der Waals surface area contributed by atoms with E-state index in [1.807, 2.05) is 20.8 Å². The van der Waals surface area contributed by atoms with Crippen LogP contribution in [0.1, 0.15) is 36.6 Å². The van der Waals surface area contributed by atoms with E-state index in [0.29, 0.717) is 37.6 Å². The number of Topliss-reactive ketones (excluding diaryl/α,β-unsaturated/α-hetero) is 1. The lowest BCUT2D eigenvalue weighted by Crippen LogP contribution is -2.42. The number of hydrogen-bond acceptors (Lipinski definition) is 7. The molecule has 2 aromatic rings. The highest BCUT2D eigenvalue weighted by Gasteiger charge is 2.46. The Labute approximate surface area is 205 Å². The van der Waals surface area contributed by atoms with Crippen LogP contribution in [0.15, 0.2) is 48.0 Å². The largest absolute Gasteiger partial charge is 0.507 e. The molecule has 2 saturated heterocycles. The fourth-order valence-corrected chi connectivity index (χ4v) is 4.52. The molecule has 0 aliphatic carbocycles. The predicted octanol–water partition coefficient (Wildman–Crippen LogP) is 3.24. The second kappa shape index (κ2) is 10.5. The van der Waals surface area contributed by atoms with Crippen LogP contribution in [0, 0.1) is 6.92 Å². The Balaban J connectivity index is 1.75. The molecule has 186 valence electrons. The molecule has 8 nitrogen and oxygen atoms in total. The summed E-state index contributed by atoms with van der Waals surface area (Å²) in [4.78, 5) is 30.1. The van der Waals surface area contributed by atoms with E-state index in [9.17, 15) is 19.8 Å². The number of aliphatic hydroxyl groups excluding tert-OH is 1. The number of aliphatic hydroxyl groups is 1. The Bertz CT molecular complexity index is 1120. The number of aromatic hydroxyl groups is 1. The third-order valence-electron chi connectivity index (χ3n) is 6.28. The van der Waals surface area contributed by atoms with E-state index in [4.69, 9.17) is 9.47 Å². The van der Waals surface area contributed by atoms with E-state index in [1.165, 1.54) is 11.0 Å². The molecule has 0 unspecified atom stereocenters. The van der Waals surface area contributed by atoms with E-state index in [2.05, 4.69) is 4.90 Å². The molecule has 2 aliphatic rings. The topological polar surface area (TPSA) is 99.5 Å². The van der Waals surface area contributed by atoms with Gasteiger partial charge in [0, 0.05) is 26.2 Å². The van der Waals surface area contributed by atoms with Gasteiger partial charge in [0.05, 0.1) is 36.5 Å². The van der Waals surface area contributed by atoms with Crippen LogP contribution in [-0.2, 0) is 14.3 Å². The average Bonchev–Trinajstić information content (AvgIpc) is 3.09. The molecule has 1 amide bonds. The fraction of sp³-hybridized carbons (Fsp3) is 0.407. The van der Waals surface area contributed by atoms with Gasteiger partial charge in [0.2, 0.25) is 0 Å². The van der Waals surface area contributed by atoms with Crippen molar-refractivity contribution in [3.8, 4) is 11.5 Å². The van der Waals surface area contributed by atoms with Gasteiger partial charge < -0.3 is 24.6 Å². The second-order valence-electron chi connectivity index (χ2n) is 9.20. The highest BCUT2D eigenvalue weighted by Crippen LogP contribution is 2.41. The highest BCUT2D eigenvalue weighted by atomic mass is 16.5. The maximum Gasteiger partial charge on any atom is 0.295 e. The van der Waals surface area contributed by atoms with Crippen molar-refractivity contribution in [1.82, 2.24) is 9.80 Å². The number of aryl methyl sites for hydroxylation is 1. The number of phenolic OH excluding ortho intramolecular Hbond substituents is 1. The summed E-state index contributed by atoms with van der Waals surface area (Å²) in [5.41, 5.74) is 1.57. The lowest BCUT2D eigenvalue weighted by atomic mass is 9.94. The number of phenols is 1. The van der Waals surface area contributed by atoms with E-state index >= 15 is 0 Å². The van der Waals surface area contributed by atoms with Gasteiger partial charge in [-0.15, -0.1) is 0 Å². The van der Waals surface area contributed by atoms with Gasteiger partial charge in [0.25, 0.3) is 11.7 Å². The minimum atomic E-state index is -0.788. The molecule has 8 heteroatoms. The highest BCUT2D eigenvalue weighted by molar-refractivity contribution is 6.46. The zero-order valence-corrected chi connectivity index (χ0v) is 20.4. The van der Waals surface area contributed by atoms with Crippen LogP contribution >= 0.6 is 0 Å². The molecule has 1 atom stereocenters. The van der Waals surface area contributed by atoms with Crippen LogP contribution in [0.25, 0.3) is 5.76 Å². The Hall–Kier alpha value is -3.36. The van der Waals surface area contributed by atoms with Crippen LogP contribution in [-0.4, -0.2) is 77.2 Å². The van der Waals surface area contributed by atoms with Crippen LogP contribution in [0.3, 0.4) is 0 Å². The standard InChI is InChI=1S/C27H32N2O6/c1-17(2)35-20-7-5-19(6-8-20)24-23(25(31)21-16-18(3)4-9-22(21)30)26(32)27(33)29(24)11-10-28-12-14-34-15-13-28/h4-9,16-17,24,30-31H,10-15H2,1-3H3/t24-/m0/s1. The van der Waals surface area contributed by atoms with Gasteiger partial charge in [-0.2, -0.15) is 0 Å². The summed E-state index contributed by atoms with van der Waals surface area (Å²) in [6, 6.07) is 11.2. The van der Waals surface area contributed by atoms with Crippen molar-refractivity contribution >= 4 is 17.4 Å². The molecule has 0 spiro atoms. The number of ketones is 1. The molecule has 0 saturated carbocycles. The van der Waals surface area contributed by atoms with Crippen LogP contribution < -0.4 is 4.74 Å². The first-order valence-corrected chi connectivity index (χ1v) is 11.9. The molecule has 0 aromatic heterocycles. The Morgan fingerprint density at radius 3 is 2.43 bits per heavy atom. The molecule has 2 heterocycles. The van der Waals surface area contributed by atoms with Crippen LogP contribution in [0.5, 0.6) is 11.5 Å². The number of rotatable bonds is 7. The van der Waals surface area contributed by atoms with Crippen LogP contribution in [0.2, 0.25) is 0 Å². The summed E-state index contributed by atoms with van der Waals surface area (Å²) in [6.45, 7) is 9.36. The summed E-state index contributed by atoms with van der Waals surface area (Å²) in [7, 11) is 0. The SMILES string of the molecule is Cc1ccc(O)c(C(O)=C2C(=O)C(=O)N(CCN3CCOCC3)[C@H]2c2ccc(OC(C)C)cc2)c1. The average molecular weight is 481 g/mol. The summed E-state index contributed by atoms with van der Waals surface area (Å²) in [5.74, 6) is -1.30. The molecule has 2 aliphatic heterocycles. The molecule has 2 fully saturated rings. The van der Waals surface area contributed by atoms with Gasteiger partial charge in [-0.3, -0.25) is 14.5 Å². The number of likely N-dealkylation sites (tertiary alicyclic amines) is 1. The zero-order valence-electron chi connectivity index (χ0n) is 20.4. The number of amides is 1. The maximum atomic E-state index is 13.2. The first kappa shape index (κ1) is 24.8. The third-order valence-corrected chi connectivity index (χ3v) is 6.28. The Morgan fingerprint density at radius 1 is 1.09 bits per heavy atom. The van der Waals surface area contributed by atoms with Crippen molar-refractivity contribution in [1.29, 1.82) is 0 Å². The molecule has 4 rings (SSSR count). The normalized spacial score (nSPS) is 20.6. The van der Waals surface area contributed by atoms with Crippen molar-refractivity contribution in [3.05, 3.63) is 64.7 Å². The molecular weight excluding hydrogens is 448 g/mol. The molecule has 35 heavy (non-hydrogen) atoms. The van der Waals surface area contributed by atoms with E-state index in [0.717, 1.165) is 18.7 Å². The first-order valence-electron chi connectivity index (χ1n) is 11.9. The van der Waals surface area contributed by atoms with Crippen molar-refractivity contribution < 1.29 is 29.3 Å². The minimum Gasteiger partial charge on any atom is -0.507 e. The maximum absolute atomic E-state index is 13.2. The van der Waals surface area contributed by atoms with E-state index in [1.54, 1.807) is 36.4 Å². The third kappa shape index (κ3) is 5.33. The van der Waals surface area contributed by atoms with E-state index < -0.39 is 17.7 Å². The number of carbonyl (C=O) groups is 2. The number of ether oxygens (including phenoxy) is 2. The second-order valence-corrected chi connectivity index (χ2v) is 9.20. The van der Waals surface area contributed by atoms with Gasteiger partial charge in [-0.25, -0.2) is 0 Å². The Kier molecular flexibility index (Phi) is 7.42. The van der Waals surface area contributed by atoms with Gasteiger partial charge in [-0.1, -0.05) is 23.8 Å². The number of nitrogens with zero attached hydrogens (tertiary/aromatic N) is 2. The Morgan fingerprint density at radius 2 is 1.77 bits per heavy atom. The number of carbonyl (C=O) groups excluding carboxylic acids is 2. The fourth-order valence-electron chi connectivity index (χ4n) is 4.52. The lowest BCUT2D eigenvalue weighted by molar-refractivity contribution is -0.140. The summed E-state index contributed by atoms with van der Waals surface area (Å²) in [6.07, 6.45) is 0.00398. The van der Waals surface area contributed by atoms with Crippen molar-refractivity contribution in [2.45, 2.75) is 32.9 Å². The number of benzene rings is 2. The van der Waals surface area contributed by atoms with Crippen molar-refractivity contribution in [2.24, 2.45) is 0 Å². The summed E-state index contributed by atoms with van der Waals surface area (Å²) in [5, 5.41) is 21.6. The smallest absolute Gasteiger partial charge is 0.295 e. The monoisotopic (exact) mass is 480 g/mol. The van der Waals surface area contributed by atoms with Gasteiger partial charge in [0.15, 0.2) is 0 Å². The first-order chi connectivity index (χ1) is 16.8. The summed E-state index contributed by atoms with van der Waals surface area (Å²) >= 11 is 0. The van der Waals surface area contributed by atoms with Gasteiger partial charge in [-0.05, 0) is 50.6 Å². The quantitative estimate of drug-likeness (QED) is 0.357. The lowest BCUT2D eigenvalue weighted by Gasteiger charge is -2.31. The van der Waals surface area contributed by atoms with E-state index in [-0.39, 0.29) is 28.7 Å². The number of hydrogen-bond donors (Lipinski definition) is 2. The zero-order chi connectivity index (χ0) is 25.1. The van der Waals surface area contributed by atoms with Gasteiger partial charge in [0.1, 0.15) is 17.3 Å². The predicted molar refractivity (Wildman–Crippen MR) is 131 cm³/mol. The molecule has 2 aromatic carbocycles. The number of morpholine rings is 1. The molecule has 0 bridgehead atoms.